The van der Waals surface area contributed by atoms with E-state index in [1.807, 2.05) is 46.5 Å². The van der Waals surface area contributed by atoms with Gasteiger partial charge in [-0.15, -0.1) is 0 Å². The van der Waals surface area contributed by atoms with E-state index in [9.17, 15) is 24.0 Å². The number of benzene rings is 1. The molecule has 4 rings (SSSR count). The van der Waals surface area contributed by atoms with Crippen LogP contribution in [0, 0.1) is 6.92 Å². The molecule has 0 bridgehead atoms. The molecule has 1 aromatic carbocycles. The van der Waals surface area contributed by atoms with Gasteiger partial charge < -0.3 is 30.7 Å². The Bertz CT molecular complexity index is 1350. The Balaban J connectivity index is 0.000000393. The molecule has 52 heavy (non-hydrogen) atoms. The van der Waals surface area contributed by atoms with Gasteiger partial charge in [-0.3, -0.25) is 24.0 Å². The molecule has 0 saturated carbocycles. The number of hydrogen-bond donors (Lipinski definition) is 4. The highest BCUT2D eigenvalue weighted by Gasteiger charge is 2.30. The number of Topliss-reactive ketones (excluding diaryl/α,β-unsaturated/α-hetero) is 1. The summed E-state index contributed by atoms with van der Waals surface area (Å²) in [6.45, 7) is 18.6. The third-order valence-electron chi connectivity index (χ3n) is 8.60. The van der Waals surface area contributed by atoms with E-state index in [0.29, 0.717) is 25.3 Å². The number of aryl methyl sites for hydroxylation is 1. The highest BCUT2D eigenvalue weighted by molar-refractivity contribution is 7.99. The van der Waals surface area contributed by atoms with Crippen molar-refractivity contribution in [3.05, 3.63) is 48.3 Å². The van der Waals surface area contributed by atoms with Gasteiger partial charge in [0.05, 0.1) is 19.6 Å². The molecule has 2 aromatic rings. The van der Waals surface area contributed by atoms with Crippen LogP contribution in [0.25, 0.3) is 10.9 Å². The van der Waals surface area contributed by atoms with Gasteiger partial charge in [0.1, 0.15) is 18.4 Å². The van der Waals surface area contributed by atoms with Gasteiger partial charge in [-0.25, -0.2) is 0 Å². The fraction of sp³-hybridized carbons (Fsp3) is 0.625. The number of fused-ring (bicyclic) bond motifs is 2. The molecule has 0 aliphatic carbocycles. The molecule has 4 amide bonds. The van der Waals surface area contributed by atoms with Gasteiger partial charge in [0, 0.05) is 54.5 Å². The van der Waals surface area contributed by atoms with Crippen molar-refractivity contribution >= 4 is 52.1 Å². The van der Waals surface area contributed by atoms with Crippen LogP contribution in [0.4, 0.5) is 0 Å². The molecule has 2 aliphatic heterocycles. The predicted molar refractivity (Wildman–Crippen MR) is 215 cm³/mol. The molecule has 292 valence electrons. The molecule has 2 aliphatic rings. The quantitative estimate of drug-likeness (QED) is 0.199. The number of rotatable bonds is 12. The van der Waals surface area contributed by atoms with Crippen molar-refractivity contribution < 1.29 is 24.0 Å². The van der Waals surface area contributed by atoms with Gasteiger partial charge >= 0.3 is 0 Å². The first kappa shape index (κ1) is 46.2. The lowest BCUT2D eigenvalue weighted by Crippen LogP contribution is -2.53. The molecule has 11 nitrogen and oxygen atoms in total. The standard InChI is InChI=1S/C15H20N2OS.C13H20N4O3.C8H16O.C4H10/c1-3-19-9-8-16-15(18)11-17-10-12(2)13-6-4-5-7-14(13)17;1-9-6-14-11(18)7-15-12(19)8-16-13(20)10-4-2-3-5-17(9)10;1-3-5-6-7-8(9)4-2;1-3-4-2/h4-7,10H,3,8-9,11H2,1-2H3,(H,16,18);10H,1-8H2,(H,14,18)(H,15,19)(H,16,20);3-7H2,1-2H3;3-4H2,1-2H3. The van der Waals surface area contributed by atoms with Crippen LogP contribution in [0.2, 0.25) is 0 Å². The number of amides is 4. The Morgan fingerprint density at radius 1 is 0.904 bits per heavy atom. The molecule has 3 heterocycles. The van der Waals surface area contributed by atoms with E-state index in [1.54, 1.807) is 0 Å². The summed E-state index contributed by atoms with van der Waals surface area (Å²) in [6.07, 6.45) is 12.4. The molecule has 1 unspecified atom stereocenters. The summed E-state index contributed by atoms with van der Waals surface area (Å²) in [5.41, 5.74) is 3.06. The molecule has 1 aromatic heterocycles. The second-order valence-corrected chi connectivity index (χ2v) is 14.3. The predicted octanol–water partition coefficient (Wildman–Crippen LogP) is 5.89. The zero-order valence-corrected chi connectivity index (χ0v) is 33.6. The van der Waals surface area contributed by atoms with Crippen molar-refractivity contribution in [2.24, 2.45) is 0 Å². The van der Waals surface area contributed by atoms with Crippen molar-refractivity contribution in [3.8, 4) is 0 Å². The number of carbonyl (C=O) groups is 5. The smallest absolute Gasteiger partial charge is 0.243 e. The minimum atomic E-state index is -0.366. The van der Waals surface area contributed by atoms with E-state index in [1.165, 1.54) is 36.6 Å². The number of nitrogens with one attached hydrogen (secondary N) is 4. The average Bonchev–Trinajstić information content (AvgIpc) is 3.48. The van der Waals surface area contributed by atoms with E-state index >= 15 is 0 Å². The summed E-state index contributed by atoms with van der Waals surface area (Å²) in [6, 6.07) is 7.88. The SMILES string of the molecule is C=C1CNC(=O)CNC(=O)CNC(=O)C2CCCCN12.CCCC.CCCCCC(=O)CC.CCSCCNC(=O)Cn1cc(C)c2ccccc21. The van der Waals surface area contributed by atoms with E-state index in [4.69, 9.17) is 0 Å². The van der Waals surface area contributed by atoms with Crippen molar-refractivity contribution in [3.63, 3.8) is 0 Å². The number of ketones is 1. The van der Waals surface area contributed by atoms with Gasteiger partial charge in [-0.2, -0.15) is 11.8 Å². The molecule has 4 N–H and O–H groups in total. The summed E-state index contributed by atoms with van der Waals surface area (Å²) in [7, 11) is 0. The number of aromatic nitrogens is 1. The summed E-state index contributed by atoms with van der Waals surface area (Å²) in [5.74, 6) is 1.77. The normalized spacial score (nSPS) is 16.0. The molecular weight excluding hydrogens is 677 g/mol. The van der Waals surface area contributed by atoms with E-state index < -0.39 is 0 Å². The Labute approximate surface area is 316 Å². The Morgan fingerprint density at radius 2 is 1.58 bits per heavy atom. The fourth-order valence-electron chi connectivity index (χ4n) is 5.40. The molecule has 0 spiro atoms. The summed E-state index contributed by atoms with van der Waals surface area (Å²) < 4.78 is 2.02. The Morgan fingerprint density at radius 3 is 2.23 bits per heavy atom. The number of para-hydroxylation sites is 1. The van der Waals surface area contributed by atoms with Crippen LogP contribution in [-0.2, 0) is 30.5 Å². The van der Waals surface area contributed by atoms with Crippen molar-refractivity contribution in [1.82, 2.24) is 30.7 Å². The average molecular weight is 743 g/mol. The Hall–Kier alpha value is -3.80. The topological polar surface area (TPSA) is 142 Å². The first-order valence-electron chi connectivity index (χ1n) is 19.2. The van der Waals surface area contributed by atoms with E-state index in [0.717, 1.165) is 67.9 Å². The zero-order chi connectivity index (χ0) is 38.7. The molecule has 0 radical (unpaired) electrons. The first-order valence-corrected chi connectivity index (χ1v) is 20.3. The van der Waals surface area contributed by atoms with Crippen LogP contribution in [-0.4, -0.2) is 89.2 Å². The van der Waals surface area contributed by atoms with Crippen LogP contribution in [0.15, 0.2) is 42.7 Å². The van der Waals surface area contributed by atoms with Gasteiger partial charge in [-0.1, -0.05) is 85.1 Å². The summed E-state index contributed by atoms with van der Waals surface area (Å²) in [4.78, 5) is 59.7. The molecule has 1 atom stereocenters. The second kappa shape index (κ2) is 27.8. The van der Waals surface area contributed by atoms with Crippen LogP contribution < -0.4 is 21.3 Å². The van der Waals surface area contributed by atoms with Crippen molar-refractivity contribution in [2.45, 2.75) is 118 Å². The highest BCUT2D eigenvalue weighted by Crippen LogP contribution is 2.21. The number of carbonyl (C=O) groups excluding carboxylic acids is 5. The Kier molecular flexibility index (Phi) is 24.7. The lowest BCUT2D eigenvalue weighted by molar-refractivity contribution is -0.130. The number of unbranched alkanes of at least 4 members (excludes halogenated alkanes) is 3. The number of hydrogen-bond acceptors (Lipinski definition) is 7. The number of nitrogens with zero attached hydrogens (tertiary/aromatic N) is 2. The van der Waals surface area contributed by atoms with Crippen LogP contribution in [0.3, 0.4) is 0 Å². The maximum atomic E-state index is 12.2. The lowest BCUT2D eigenvalue weighted by atomic mass is 10.0. The summed E-state index contributed by atoms with van der Waals surface area (Å²) in [5, 5.41) is 11.9. The first-order chi connectivity index (χ1) is 25.0. The maximum absolute atomic E-state index is 12.2. The lowest BCUT2D eigenvalue weighted by Gasteiger charge is -2.37. The van der Waals surface area contributed by atoms with Crippen LogP contribution in [0.1, 0.15) is 104 Å². The van der Waals surface area contributed by atoms with E-state index in [-0.39, 0.29) is 42.8 Å². The van der Waals surface area contributed by atoms with Crippen molar-refractivity contribution in [1.29, 1.82) is 0 Å². The minimum absolute atomic E-state index is 0.0810. The largest absolute Gasteiger partial charge is 0.362 e. The van der Waals surface area contributed by atoms with Gasteiger partial charge in [0.2, 0.25) is 23.6 Å². The van der Waals surface area contributed by atoms with Gasteiger partial charge in [0.25, 0.3) is 0 Å². The van der Waals surface area contributed by atoms with Gasteiger partial charge in [0.15, 0.2) is 0 Å². The zero-order valence-electron chi connectivity index (χ0n) is 32.7. The monoisotopic (exact) mass is 742 g/mol. The maximum Gasteiger partial charge on any atom is 0.243 e. The molecule has 12 heteroatoms. The number of thioether (sulfide) groups is 1. The molecule has 2 fully saturated rings. The third kappa shape index (κ3) is 18.6. The fourth-order valence-corrected chi connectivity index (χ4v) is 5.94. The van der Waals surface area contributed by atoms with Crippen LogP contribution in [0.5, 0.6) is 0 Å². The van der Waals surface area contributed by atoms with Crippen LogP contribution >= 0.6 is 11.8 Å². The minimum Gasteiger partial charge on any atom is -0.362 e. The molecular formula is C40H66N6O5S. The van der Waals surface area contributed by atoms with Crippen molar-refractivity contribution in [2.75, 3.05) is 44.2 Å². The second-order valence-electron chi connectivity index (χ2n) is 12.9. The number of piperidine rings is 1. The van der Waals surface area contributed by atoms with Gasteiger partial charge in [-0.05, 0) is 50.0 Å². The highest BCUT2D eigenvalue weighted by atomic mass is 32.2. The third-order valence-corrected chi connectivity index (χ3v) is 9.50. The summed E-state index contributed by atoms with van der Waals surface area (Å²) >= 11 is 1.84. The molecule has 2 saturated heterocycles. The van der Waals surface area contributed by atoms with E-state index in [2.05, 4.69) is 74.6 Å².